The van der Waals surface area contributed by atoms with Crippen molar-refractivity contribution in [3.05, 3.63) is 47.7 Å². The molecule has 0 saturated carbocycles. The van der Waals surface area contributed by atoms with Crippen LogP contribution < -0.4 is 15.4 Å². The highest BCUT2D eigenvalue weighted by Gasteiger charge is 2.16. The fourth-order valence-corrected chi connectivity index (χ4v) is 2.71. The van der Waals surface area contributed by atoms with E-state index >= 15 is 0 Å². The van der Waals surface area contributed by atoms with E-state index in [0.29, 0.717) is 23.7 Å². The van der Waals surface area contributed by atoms with Gasteiger partial charge in [-0.05, 0) is 37.2 Å². The smallest absolute Gasteiger partial charge is 0.238 e. The van der Waals surface area contributed by atoms with Crippen LogP contribution >= 0.6 is 11.6 Å². The van der Waals surface area contributed by atoms with Crippen LogP contribution in [0.4, 0.5) is 11.4 Å². The molecule has 0 bridgehead atoms. The quantitative estimate of drug-likeness (QED) is 0.643. The van der Waals surface area contributed by atoms with Crippen LogP contribution in [0, 0.1) is 0 Å². The first-order valence-electron chi connectivity index (χ1n) is 8.59. The van der Waals surface area contributed by atoms with Crippen molar-refractivity contribution in [3.63, 3.8) is 0 Å². The molecule has 0 aliphatic carbocycles. The van der Waals surface area contributed by atoms with E-state index in [1.54, 1.807) is 42.5 Å². The highest BCUT2D eigenvalue weighted by Crippen LogP contribution is 2.23. The lowest BCUT2D eigenvalue weighted by Gasteiger charge is -2.21. The average molecular weight is 391 g/mol. The number of anilines is 2. The molecule has 1 aromatic carbocycles. The third-order valence-corrected chi connectivity index (χ3v) is 3.99. The van der Waals surface area contributed by atoms with Crippen LogP contribution in [0.2, 0.25) is 5.15 Å². The summed E-state index contributed by atoms with van der Waals surface area (Å²) in [5, 5.41) is 5.75. The van der Waals surface area contributed by atoms with Crippen molar-refractivity contribution in [3.8, 4) is 5.75 Å². The first kappa shape index (κ1) is 20.7. The summed E-state index contributed by atoms with van der Waals surface area (Å²) in [5.74, 6) is 0.0976. The van der Waals surface area contributed by atoms with Gasteiger partial charge in [0.15, 0.2) is 5.15 Å². The average Bonchev–Trinajstić information content (AvgIpc) is 2.64. The summed E-state index contributed by atoms with van der Waals surface area (Å²) >= 11 is 5.95. The Hall–Kier alpha value is -2.64. The van der Waals surface area contributed by atoms with Crippen molar-refractivity contribution in [2.75, 3.05) is 37.4 Å². The van der Waals surface area contributed by atoms with E-state index in [9.17, 15) is 9.59 Å². The SMILES string of the molecule is CCCN(CC(=O)Nc1ccccc1OC)CC(=O)Nc1cccnc1Cl. The van der Waals surface area contributed by atoms with Crippen LogP contribution in [0.25, 0.3) is 0 Å². The standard InChI is InChI=1S/C19H23ClN4O3/c1-3-11-24(13-18(26)23-15-8-6-10-21-19(15)20)12-17(25)22-14-7-4-5-9-16(14)27-2/h4-10H,3,11-13H2,1-2H3,(H,22,25)(H,23,26). The maximum atomic E-state index is 12.4. The van der Waals surface area contributed by atoms with Gasteiger partial charge >= 0.3 is 0 Å². The molecule has 0 radical (unpaired) electrons. The number of halogens is 1. The monoisotopic (exact) mass is 390 g/mol. The first-order valence-corrected chi connectivity index (χ1v) is 8.96. The normalized spacial score (nSPS) is 10.5. The molecule has 0 atom stereocenters. The van der Waals surface area contributed by atoms with E-state index < -0.39 is 0 Å². The van der Waals surface area contributed by atoms with Crippen molar-refractivity contribution in [2.45, 2.75) is 13.3 Å². The molecule has 0 aliphatic rings. The minimum absolute atomic E-state index is 0.0679. The Balaban J connectivity index is 1.95. The third-order valence-electron chi connectivity index (χ3n) is 3.69. The number of pyridine rings is 1. The van der Waals surface area contributed by atoms with Crippen molar-refractivity contribution < 1.29 is 14.3 Å². The van der Waals surface area contributed by atoms with Crippen molar-refractivity contribution in [1.29, 1.82) is 0 Å². The van der Waals surface area contributed by atoms with Crippen LogP contribution in [0.3, 0.4) is 0 Å². The molecule has 0 unspecified atom stereocenters. The molecule has 2 N–H and O–H groups in total. The number of nitrogens with zero attached hydrogens (tertiary/aromatic N) is 2. The predicted molar refractivity (Wildman–Crippen MR) is 106 cm³/mol. The number of aromatic nitrogens is 1. The zero-order valence-electron chi connectivity index (χ0n) is 15.4. The Morgan fingerprint density at radius 1 is 1.07 bits per heavy atom. The minimum atomic E-state index is -0.261. The molecule has 27 heavy (non-hydrogen) atoms. The van der Waals surface area contributed by atoms with Gasteiger partial charge in [0.25, 0.3) is 0 Å². The Labute approximate surface area is 163 Å². The summed E-state index contributed by atoms with van der Waals surface area (Å²) in [7, 11) is 1.54. The summed E-state index contributed by atoms with van der Waals surface area (Å²) in [5.41, 5.74) is 1.03. The van der Waals surface area contributed by atoms with Crippen LogP contribution in [-0.4, -0.2) is 48.4 Å². The maximum Gasteiger partial charge on any atom is 0.238 e. The molecular formula is C19H23ClN4O3. The number of ether oxygens (including phenoxy) is 1. The van der Waals surface area contributed by atoms with Gasteiger partial charge in [0, 0.05) is 6.20 Å². The highest BCUT2D eigenvalue weighted by atomic mass is 35.5. The number of benzene rings is 1. The Morgan fingerprint density at radius 3 is 2.33 bits per heavy atom. The van der Waals surface area contributed by atoms with E-state index in [-0.39, 0.29) is 30.1 Å². The minimum Gasteiger partial charge on any atom is -0.495 e. The van der Waals surface area contributed by atoms with Gasteiger partial charge in [-0.3, -0.25) is 14.5 Å². The van der Waals surface area contributed by atoms with Gasteiger partial charge in [0.2, 0.25) is 11.8 Å². The van der Waals surface area contributed by atoms with Gasteiger partial charge in [-0.2, -0.15) is 0 Å². The van der Waals surface area contributed by atoms with Crippen LogP contribution in [0.15, 0.2) is 42.6 Å². The molecule has 8 heteroatoms. The number of hydrogen-bond acceptors (Lipinski definition) is 5. The fourth-order valence-electron chi connectivity index (χ4n) is 2.54. The predicted octanol–water partition coefficient (Wildman–Crippen LogP) is 3.03. The zero-order chi connectivity index (χ0) is 19.6. The lowest BCUT2D eigenvalue weighted by Crippen LogP contribution is -2.39. The lowest BCUT2D eigenvalue weighted by atomic mass is 10.3. The molecule has 144 valence electrons. The molecule has 0 fully saturated rings. The second-order valence-electron chi connectivity index (χ2n) is 5.85. The highest BCUT2D eigenvalue weighted by molar-refractivity contribution is 6.32. The molecule has 1 heterocycles. The maximum absolute atomic E-state index is 12.4. The second-order valence-corrected chi connectivity index (χ2v) is 6.21. The molecule has 1 aromatic heterocycles. The van der Waals surface area contributed by atoms with Gasteiger partial charge in [0.05, 0.1) is 31.6 Å². The van der Waals surface area contributed by atoms with Gasteiger partial charge in [-0.1, -0.05) is 30.7 Å². The number of carbonyl (C=O) groups is 2. The molecule has 0 aliphatic heterocycles. The van der Waals surface area contributed by atoms with Gasteiger partial charge in [0.1, 0.15) is 5.75 Å². The number of methoxy groups -OCH3 is 1. The lowest BCUT2D eigenvalue weighted by molar-refractivity contribution is -0.120. The van der Waals surface area contributed by atoms with Crippen LogP contribution in [0.5, 0.6) is 5.75 Å². The molecule has 2 amide bonds. The summed E-state index contributed by atoms with van der Waals surface area (Å²) in [6.45, 7) is 2.74. The van der Waals surface area contributed by atoms with E-state index in [2.05, 4.69) is 15.6 Å². The zero-order valence-corrected chi connectivity index (χ0v) is 16.1. The van der Waals surface area contributed by atoms with Gasteiger partial charge in [-0.15, -0.1) is 0 Å². The topological polar surface area (TPSA) is 83.6 Å². The molecule has 2 rings (SSSR count). The number of hydrogen-bond donors (Lipinski definition) is 2. The third kappa shape index (κ3) is 6.54. The second kappa shape index (κ2) is 10.5. The number of carbonyl (C=O) groups excluding carboxylic acids is 2. The van der Waals surface area contributed by atoms with Gasteiger partial charge in [-0.25, -0.2) is 4.98 Å². The molecule has 2 aromatic rings. The summed E-state index contributed by atoms with van der Waals surface area (Å²) < 4.78 is 5.23. The Bertz CT molecular complexity index is 785. The molecule has 0 spiro atoms. The first-order chi connectivity index (χ1) is 13.0. The van der Waals surface area contributed by atoms with Crippen molar-refractivity contribution in [2.24, 2.45) is 0 Å². The van der Waals surface area contributed by atoms with Crippen molar-refractivity contribution in [1.82, 2.24) is 9.88 Å². The van der Waals surface area contributed by atoms with Crippen LogP contribution in [0.1, 0.15) is 13.3 Å². The summed E-state index contributed by atoms with van der Waals surface area (Å²) in [6.07, 6.45) is 2.35. The largest absolute Gasteiger partial charge is 0.495 e. The van der Waals surface area contributed by atoms with E-state index in [1.807, 2.05) is 19.1 Å². The number of para-hydroxylation sites is 2. The van der Waals surface area contributed by atoms with Gasteiger partial charge < -0.3 is 15.4 Å². The fraction of sp³-hybridized carbons (Fsp3) is 0.316. The summed E-state index contributed by atoms with van der Waals surface area (Å²) in [4.78, 5) is 30.4. The van der Waals surface area contributed by atoms with Crippen molar-refractivity contribution >= 4 is 34.8 Å². The van der Waals surface area contributed by atoms with E-state index in [0.717, 1.165) is 6.42 Å². The van der Waals surface area contributed by atoms with Crippen LogP contribution in [-0.2, 0) is 9.59 Å². The molecule has 0 saturated heterocycles. The number of nitrogens with one attached hydrogen (secondary N) is 2. The van der Waals surface area contributed by atoms with E-state index in [1.165, 1.54) is 0 Å². The number of amides is 2. The molecule has 7 nitrogen and oxygen atoms in total. The van der Waals surface area contributed by atoms with E-state index in [4.69, 9.17) is 16.3 Å². The molecular weight excluding hydrogens is 368 g/mol. The number of rotatable bonds is 9. The Kier molecular flexibility index (Phi) is 8.03. The summed E-state index contributed by atoms with van der Waals surface area (Å²) in [6, 6.07) is 10.5. The Morgan fingerprint density at radius 2 is 1.70 bits per heavy atom.